The molecular formula is C17H15N3O4. The van der Waals surface area contributed by atoms with Gasteiger partial charge in [0.2, 0.25) is 0 Å². The molecule has 0 spiro atoms. The zero-order valence-corrected chi connectivity index (χ0v) is 13.3. The van der Waals surface area contributed by atoms with Crippen LogP contribution in [-0.4, -0.2) is 22.5 Å². The second kappa shape index (κ2) is 7.33. The van der Waals surface area contributed by atoms with Crippen LogP contribution in [0.4, 0.5) is 5.69 Å². The summed E-state index contributed by atoms with van der Waals surface area (Å²) >= 11 is 0. The summed E-state index contributed by atoms with van der Waals surface area (Å²) in [5, 5.41) is 19.8. The molecule has 0 saturated heterocycles. The number of nitro benzene ring substituents is 1. The number of pyridine rings is 1. The number of nitrogens with zero attached hydrogens (tertiary/aromatic N) is 3. The van der Waals surface area contributed by atoms with E-state index in [2.05, 4.69) is 4.98 Å². The van der Waals surface area contributed by atoms with Crippen LogP contribution < -0.4 is 0 Å². The summed E-state index contributed by atoms with van der Waals surface area (Å²) in [5.41, 5.74) is 1.85. The minimum Gasteiger partial charge on any atom is -0.461 e. The number of rotatable bonds is 5. The van der Waals surface area contributed by atoms with Gasteiger partial charge in [0.1, 0.15) is 6.61 Å². The van der Waals surface area contributed by atoms with Crippen molar-refractivity contribution in [3.8, 4) is 17.2 Å². The number of ether oxygens (including phenoxy) is 1. The van der Waals surface area contributed by atoms with Crippen LogP contribution in [0.3, 0.4) is 0 Å². The summed E-state index contributed by atoms with van der Waals surface area (Å²) in [6.45, 7) is 3.35. The number of para-hydroxylation sites is 1. The summed E-state index contributed by atoms with van der Waals surface area (Å²) in [4.78, 5) is 27.4. The number of hydrogen-bond acceptors (Lipinski definition) is 6. The summed E-state index contributed by atoms with van der Waals surface area (Å²) in [5.74, 6) is -0.650. The van der Waals surface area contributed by atoms with E-state index in [0.717, 1.165) is 0 Å². The van der Waals surface area contributed by atoms with Crippen molar-refractivity contribution in [1.29, 1.82) is 5.26 Å². The summed E-state index contributed by atoms with van der Waals surface area (Å²) in [6, 6.07) is 9.70. The highest BCUT2D eigenvalue weighted by Gasteiger charge is 2.23. The zero-order chi connectivity index (χ0) is 17.7. The van der Waals surface area contributed by atoms with Crippen LogP contribution in [0.5, 0.6) is 0 Å². The van der Waals surface area contributed by atoms with Crippen molar-refractivity contribution in [3.63, 3.8) is 0 Å². The maximum Gasteiger partial charge on any atom is 0.340 e. The van der Waals surface area contributed by atoms with Gasteiger partial charge < -0.3 is 4.74 Å². The van der Waals surface area contributed by atoms with Gasteiger partial charge in [0.05, 0.1) is 34.2 Å². The van der Waals surface area contributed by atoms with Crippen molar-refractivity contribution < 1.29 is 14.5 Å². The molecule has 0 aliphatic heterocycles. The molecule has 1 aromatic carbocycles. The third kappa shape index (κ3) is 3.55. The van der Waals surface area contributed by atoms with Gasteiger partial charge in [-0.25, -0.2) is 4.79 Å². The highest BCUT2D eigenvalue weighted by Crippen LogP contribution is 2.33. The van der Waals surface area contributed by atoms with Gasteiger partial charge in [-0.3, -0.25) is 15.1 Å². The second-order valence-electron chi connectivity index (χ2n) is 5.09. The molecule has 7 nitrogen and oxygen atoms in total. The third-order valence-corrected chi connectivity index (χ3v) is 3.37. The molecule has 0 fully saturated rings. The van der Waals surface area contributed by atoms with E-state index in [4.69, 9.17) is 10.00 Å². The Morgan fingerprint density at radius 1 is 1.33 bits per heavy atom. The van der Waals surface area contributed by atoms with E-state index in [0.29, 0.717) is 22.5 Å². The van der Waals surface area contributed by atoms with Crippen molar-refractivity contribution >= 4 is 11.7 Å². The monoisotopic (exact) mass is 325 g/mol. The van der Waals surface area contributed by atoms with E-state index in [-0.39, 0.29) is 24.3 Å². The second-order valence-corrected chi connectivity index (χ2v) is 5.09. The average Bonchev–Trinajstić information content (AvgIpc) is 2.54. The smallest absolute Gasteiger partial charge is 0.340 e. The number of hydrogen-bond donors (Lipinski definition) is 0. The number of benzene rings is 1. The fourth-order valence-corrected chi connectivity index (χ4v) is 2.42. The first-order valence-corrected chi connectivity index (χ1v) is 7.21. The fraction of sp³-hybridized carbons (Fsp3) is 0.235. The van der Waals surface area contributed by atoms with Gasteiger partial charge in [0.25, 0.3) is 5.69 Å². The molecule has 24 heavy (non-hydrogen) atoms. The number of nitriles is 1. The average molecular weight is 325 g/mol. The number of carbonyl (C=O) groups is 1. The van der Waals surface area contributed by atoms with Crippen LogP contribution in [0.25, 0.3) is 11.1 Å². The molecule has 0 radical (unpaired) electrons. The minimum atomic E-state index is -0.650. The molecule has 1 heterocycles. The zero-order valence-electron chi connectivity index (χ0n) is 13.3. The lowest BCUT2D eigenvalue weighted by Gasteiger charge is -2.13. The highest BCUT2D eigenvalue weighted by atomic mass is 16.6. The van der Waals surface area contributed by atoms with Gasteiger partial charge in [-0.1, -0.05) is 12.1 Å². The van der Waals surface area contributed by atoms with Gasteiger partial charge in [-0.15, -0.1) is 0 Å². The first-order chi connectivity index (χ1) is 11.5. The van der Waals surface area contributed by atoms with Gasteiger partial charge in [-0.05, 0) is 26.0 Å². The Kier molecular flexibility index (Phi) is 5.22. The SMILES string of the molecule is Cc1cc(-c2ccccc2[N+](=O)[O-])c(C(=O)OCCC#N)c(C)n1. The van der Waals surface area contributed by atoms with Gasteiger partial charge >= 0.3 is 5.97 Å². The molecule has 0 unspecified atom stereocenters. The first kappa shape index (κ1) is 17.1. The molecule has 0 saturated carbocycles. The van der Waals surface area contributed by atoms with Crippen LogP contribution in [0.1, 0.15) is 28.2 Å². The molecule has 7 heteroatoms. The molecule has 2 aromatic rings. The topological polar surface area (TPSA) is 106 Å². The van der Waals surface area contributed by atoms with Crippen LogP contribution in [-0.2, 0) is 4.74 Å². The van der Waals surface area contributed by atoms with Crippen molar-refractivity contribution in [2.45, 2.75) is 20.3 Å². The molecule has 2 rings (SSSR count). The van der Waals surface area contributed by atoms with Crippen molar-refractivity contribution in [1.82, 2.24) is 4.98 Å². The van der Waals surface area contributed by atoms with Crippen molar-refractivity contribution in [2.24, 2.45) is 0 Å². The van der Waals surface area contributed by atoms with Gasteiger partial charge in [-0.2, -0.15) is 5.26 Å². The Balaban J connectivity index is 2.60. The predicted molar refractivity (Wildman–Crippen MR) is 86.3 cm³/mol. The van der Waals surface area contributed by atoms with E-state index in [1.54, 1.807) is 38.1 Å². The molecule has 0 N–H and O–H groups in total. The lowest BCUT2D eigenvalue weighted by atomic mass is 9.97. The number of esters is 1. The largest absolute Gasteiger partial charge is 0.461 e. The predicted octanol–water partition coefficient (Wildman–Crippen LogP) is 3.34. The first-order valence-electron chi connectivity index (χ1n) is 7.21. The van der Waals surface area contributed by atoms with Crippen molar-refractivity contribution in [3.05, 3.63) is 57.4 Å². The van der Waals surface area contributed by atoms with Gasteiger partial charge in [0.15, 0.2) is 0 Å². The maximum absolute atomic E-state index is 12.4. The van der Waals surface area contributed by atoms with Crippen LogP contribution in [0.2, 0.25) is 0 Å². The molecule has 122 valence electrons. The molecule has 0 aliphatic carbocycles. The Labute approximate surface area is 138 Å². The Morgan fingerprint density at radius 3 is 2.71 bits per heavy atom. The number of aryl methyl sites for hydroxylation is 2. The van der Waals surface area contributed by atoms with Crippen LogP contribution in [0.15, 0.2) is 30.3 Å². The summed E-state index contributed by atoms with van der Waals surface area (Å²) < 4.78 is 5.08. The lowest BCUT2D eigenvalue weighted by Crippen LogP contribution is -2.12. The van der Waals surface area contributed by atoms with Gasteiger partial charge in [0, 0.05) is 17.3 Å². The van der Waals surface area contributed by atoms with Crippen LogP contribution in [0, 0.1) is 35.3 Å². The lowest BCUT2D eigenvalue weighted by molar-refractivity contribution is -0.384. The number of carbonyl (C=O) groups excluding carboxylic acids is 1. The molecule has 0 bridgehead atoms. The van der Waals surface area contributed by atoms with Crippen molar-refractivity contribution in [2.75, 3.05) is 6.61 Å². The van der Waals surface area contributed by atoms with E-state index >= 15 is 0 Å². The van der Waals surface area contributed by atoms with E-state index in [1.807, 2.05) is 6.07 Å². The minimum absolute atomic E-state index is 0.0427. The fourth-order valence-electron chi connectivity index (χ4n) is 2.42. The van der Waals surface area contributed by atoms with Crippen LogP contribution >= 0.6 is 0 Å². The Bertz CT molecular complexity index is 840. The van der Waals surface area contributed by atoms with E-state index < -0.39 is 10.9 Å². The highest BCUT2D eigenvalue weighted by molar-refractivity contribution is 5.99. The number of nitro groups is 1. The third-order valence-electron chi connectivity index (χ3n) is 3.37. The summed E-state index contributed by atoms with van der Waals surface area (Å²) in [7, 11) is 0. The molecule has 0 aliphatic rings. The Hall–Kier alpha value is -3.27. The molecule has 0 amide bonds. The van der Waals surface area contributed by atoms with E-state index in [9.17, 15) is 14.9 Å². The standard InChI is InChI=1S/C17H15N3O4/c1-11-10-14(13-6-3-4-7-15(13)20(22)23)16(12(2)19-11)17(21)24-9-5-8-18/h3-4,6-7,10H,5,9H2,1-2H3. The summed E-state index contributed by atoms with van der Waals surface area (Å²) in [6.07, 6.45) is 0.0743. The Morgan fingerprint density at radius 2 is 2.04 bits per heavy atom. The molecule has 1 aromatic heterocycles. The van der Waals surface area contributed by atoms with E-state index in [1.165, 1.54) is 6.07 Å². The normalized spacial score (nSPS) is 10.0. The molecular weight excluding hydrogens is 310 g/mol. The molecule has 0 atom stereocenters. The maximum atomic E-state index is 12.4. The quantitative estimate of drug-likeness (QED) is 0.361. The number of aromatic nitrogens is 1.